The number of nitrogens with zero attached hydrogens (tertiary/aromatic N) is 1. The predicted molar refractivity (Wildman–Crippen MR) is 71.7 cm³/mol. The van der Waals surface area contributed by atoms with Crippen LogP contribution in [0.2, 0.25) is 0 Å². The number of rotatable bonds is 4. The SMILES string of the molecule is COc1cccc(CN(C)C2COCCC2N)c1. The Morgan fingerprint density at radius 3 is 3.06 bits per heavy atom. The lowest BCUT2D eigenvalue weighted by Gasteiger charge is -2.35. The molecule has 2 rings (SSSR count). The number of ether oxygens (including phenoxy) is 2. The van der Waals surface area contributed by atoms with Crippen LogP contribution in [0.25, 0.3) is 0 Å². The van der Waals surface area contributed by atoms with Gasteiger partial charge in [-0.1, -0.05) is 12.1 Å². The zero-order chi connectivity index (χ0) is 13.0. The molecule has 1 aromatic carbocycles. The summed E-state index contributed by atoms with van der Waals surface area (Å²) < 4.78 is 10.7. The van der Waals surface area contributed by atoms with E-state index in [-0.39, 0.29) is 6.04 Å². The highest BCUT2D eigenvalue weighted by molar-refractivity contribution is 5.28. The molecule has 1 aliphatic heterocycles. The molecule has 0 bridgehead atoms. The van der Waals surface area contributed by atoms with Crippen LogP contribution in [0.1, 0.15) is 12.0 Å². The Morgan fingerprint density at radius 2 is 2.33 bits per heavy atom. The van der Waals surface area contributed by atoms with E-state index >= 15 is 0 Å². The predicted octanol–water partition coefficient (Wildman–Crippen LogP) is 1.24. The van der Waals surface area contributed by atoms with E-state index in [1.54, 1.807) is 7.11 Å². The first-order chi connectivity index (χ1) is 8.70. The maximum absolute atomic E-state index is 6.14. The quantitative estimate of drug-likeness (QED) is 0.873. The van der Waals surface area contributed by atoms with Crippen molar-refractivity contribution in [3.05, 3.63) is 29.8 Å². The fourth-order valence-electron chi connectivity index (χ4n) is 2.37. The standard InChI is InChI=1S/C14H22N2O2/c1-16(14-10-18-7-6-13(14)15)9-11-4-3-5-12(8-11)17-2/h3-5,8,13-14H,6-7,9-10,15H2,1-2H3. The molecule has 4 nitrogen and oxygen atoms in total. The van der Waals surface area contributed by atoms with Crippen LogP contribution in [0, 0.1) is 0 Å². The van der Waals surface area contributed by atoms with Gasteiger partial charge in [0.2, 0.25) is 0 Å². The highest BCUT2D eigenvalue weighted by Gasteiger charge is 2.26. The van der Waals surface area contributed by atoms with Gasteiger partial charge in [0.1, 0.15) is 5.75 Å². The van der Waals surface area contributed by atoms with Crippen molar-refractivity contribution < 1.29 is 9.47 Å². The van der Waals surface area contributed by atoms with E-state index in [9.17, 15) is 0 Å². The Morgan fingerprint density at radius 1 is 1.50 bits per heavy atom. The molecule has 100 valence electrons. The van der Waals surface area contributed by atoms with Crippen LogP contribution in [-0.2, 0) is 11.3 Å². The van der Waals surface area contributed by atoms with E-state index in [0.717, 1.165) is 31.9 Å². The molecule has 2 atom stereocenters. The topological polar surface area (TPSA) is 47.7 Å². The van der Waals surface area contributed by atoms with Crippen molar-refractivity contribution in [3.8, 4) is 5.75 Å². The highest BCUT2D eigenvalue weighted by Crippen LogP contribution is 2.17. The number of nitrogens with two attached hydrogens (primary N) is 1. The van der Waals surface area contributed by atoms with Gasteiger partial charge in [0.05, 0.1) is 13.7 Å². The lowest BCUT2D eigenvalue weighted by atomic mass is 10.0. The maximum atomic E-state index is 6.14. The summed E-state index contributed by atoms with van der Waals surface area (Å²) >= 11 is 0. The summed E-state index contributed by atoms with van der Waals surface area (Å²) in [4.78, 5) is 2.26. The first-order valence-corrected chi connectivity index (χ1v) is 6.37. The van der Waals surface area contributed by atoms with Crippen molar-refractivity contribution in [2.45, 2.75) is 25.0 Å². The summed E-state index contributed by atoms with van der Waals surface area (Å²) in [5.41, 5.74) is 7.37. The molecule has 1 aliphatic rings. The molecule has 0 aliphatic carbocycles. The van der Waals surface area contributed by atoms with E-state index in [1.807, 2.05) is 12.1 Å². The second-order valence-corrected chi connectivity index (χ2v) is 4.86. The second-order valence-electron chi connectivity index (χ2n) is 4.86. The van der Waals surface area contributed by atoms with Crippen molar-refractivity contribution >= 4 is 0 Å². The van der Waals surface area contributed by atoms with Crippen LogP contribution in [0.5, 0.6) is 5.75 Å². The fourth-order valence-corrected chi connectivity index (χ4v) is 2.37. The van der Waals surface area contributed by atoms with Gasteiger partial charge in [0.15, 0.2) is 0 Å². The van der Waals surface area contributed by atoms with Gasteiger partial charge in [-0.3, -0.25) is 4.90 Å². The largest absolute Gasteiger partial charge is 0.497 e. The smallest absolute Gasteiger partial charge is 0.119 e. The van der Waals surface area contributed by atoms with Gasteiger partial charge in [0, 0.05) is 25.2 Å². The summed E-state index contributed by atoms with van der Waals surface area (Å²) in [5.74, 6) is 0.894. The Balaban J connectivity index is 1.98. The zero-order valence-corrected chi connectivity index (χ0v) is 11.1. The third-order valence-electron chi connectivity index (χ3n) is 3.51. The van der Waals surface area contributed by atoms with Gasteiger partial charge in [-0.2, -0.15) is 0 Å². The summed E-state index contributed by atoms with van der Waals surface area (Å²) in [6.45, 7) is 2.37. The fraction of sp³-hybridized carbons (Fsp3) is 0.571. The molecule has 0 spiro atoms. The minimum Gasteiger partial charge on any atom is -0.497 e. The van der Waals surface area contributed by atoms with Gasteiger partial charge < -0.3 is 15.2 Å². The molecule has 2 N–H and O–H groups in total. The third-order valence-corrected chi connectivity index (χ3v) is 3.51. The molecule has 1 heterocycles. The molecule has 1 fully saturated rings. The lowest BCUT2D eigenvalue weighted by Crippen LogP contribution is -2.51. The molecule has 0 aromatic heterocycles. The minimum atomic E-state index is 0.203. The van der Waals surface area contributed by atoms with Crippen LogP contribution >= 0.6 is 0 Å². The van der Waals surface area contributed by atoms with E-state index < -0.39 is 0 Å². The molecule has 0 amide bonds. The van der Waals surface area contributed by atoms with Crippen molar-refractivity contribution in [1.82, 2.24) is 4.90 Å². The Labute approximate surface area is 109 Å². The Hall–Kier alpha value is -1.10. The molecule has 0 saturated carbocycles. The van der Waals surface area contributed by atoms with E-state index in [2.05, 4.69) is 24.1 Å². The van der Waals surface area contributed by atoms with Crippen molar-refractivity contribution in [1.29, 1.82) is 0 Å². The number of hydrogen-bond donors (Lipinski definition) is 1. The maximum Gasteiger partial charge on any atom is 0.119 e. The first kappa shape index (κ1) is 13.3. The monoisotopic (exact) mass is 250 g/mol. The van der Waals surface area contributed by atoms with Crippen molar-refractivity contribution in [2.24, 2.45) is 5.73 Å². The number of benzene rings is 1. The van der Waals surface area contributed by atoms with Gasteiger partial charge in [0.25, 0.3) is 0 Å². The molecule has 1 saturated heterocycles. The van der Waals surface area contributed by atoms with Crippen LogP contribution in [0.4, 0.5) is 0 Å². The van der Waals surface area contributed by atoms with E-state index in [0.29, 0.717) is 6.04 Å². The van der Waals surface area contributed by atoms with Crippen molar-refractivity contribution in [3.63, 3.8) is 0 Å². The van der Waals surface area contributed by atoms with E-state index in [1.165, 1.54) is 5.56 Å². The van der Waals surface area contributed by atoms with Crippen LogP contribution in [-0.4, -0.2) is 44.4 Å². The zero-order valence-electron chi connectivity index (χ0n) is 11.1. The normalized spacial score (nSPS) is 24.2. The second kappa shape index (κ2) is 6.18. The van der Waals surface area contributed by atoms with Crippen LogP contribution < -0.4 is 10.5 Å². The number of hydrogen-bond acceptors (Lipinski definition) is 4. The highest BCUT2D eigenvalue weighted by atomic mass is 16.5. The molecule has 18 heavy (non-hydrogen) atoms. The number of likely N-dealkylation sites (N-methyl/N-ethyl adjacent to an activating group) is 1. The molecular weight excluding hydrogens is 228 g/mol. The Bertz CT molecular complexity index is 384. The summed E-state index contributed by atoms with van der Waals surface area (Å²) in [6, 6.07) is 8.64. The number of methoxy groups -OCH3 is 1. The first-order valence-electron chi connectivity index (χ1n) is 6.37. The summed E-state index contributed by atoms with van der Waals surface area (Å²) in [7, 11) is 3.78. The molecule has 0 radical (unpaired) electrons. The average molecular weight is 250 g/mol. The molecule has 1 aromatic rings. The molecule has 4 heteroatoms. The van der Waals surface area contributed by atoms with Crippen molar-refractivity contribution in [2.75, 3.05) is 27.4 Å². The van der Waals surface area contributed by atoms with Crippen LogP contribution in [0.3, 0.4) is 0 Å². The van der Waals surface area contributed by atoms with Crippen LogP contribution in [0.15, 0.2) is 24.3 Å². The summed E-state index contributed by atoms with van der Waals surface area (Å²) in [6.07, 6.45) is 0.938. The lowest BCUT2D eigenvalue weighted by molar-refractivity contribution is 0.0127. The van der Waals surface area contributed by atoms with Gasteiger partial charge in [-0.05, 0) is 31.2 Å². The molecule has 2 unspecified atom stereocenters. The van der Waals surface area contributed by atoms with Gasteiger partial charge in [-0.15, -0.1) is 0 Å². The Kier molecular flexibility index (Phi) is 4.58. The van der Waals surface area contributed by atoms with Gasteiger partial charge >= 0.3 is 0 Å². The average Bonchev–Trinajstić information content (AvgIpc) is 2.39. The molecular formula is C14H22N2O2. The third kappa shape index (κ3) is 3.22. The minimum absolute atomic E-state index is 0.203. The van der Waals surface area contributed by atoms with Gasteiger partial charge in [-0.25, -0.2) is 0 Å². The van der Waals surface area contributed by atoms with E-state index in [4.69, 9.17) is 15.2 Å². The summed E-state index contributed by atoms with van der Waals surface area (Å²) in [5, 5.41) is 0.